The van der Waals surface area contributed by atoms with Crippen LogP contribution in [0, 0.1) is 5.92 Å². The third-order valence-corrected chi connectivity index (χ3v) is 9.14. The molecule has 48 heavy (non-hydrogen) atoms. The molecule has 11 heteroatoms. The monoisotopic (exact) mass is 646 g/mol. The molecule has 0 unspecified atom stereocenters. The molecule has 4 heterocycles. The van der Waals surface area contributed by atoms with Crippen LogP contribution < -0.4 is 14.4 Å². The van der Waals surface area contributed by atoms with E-state index in [-0.39, 0.29) is 11.8 Å². The molecule has 7 rings (SSSR count). The van der Waals surface area contributed by atoms with Crippen molar-refractivity contribution in [1.82, 2.24) is 24.6 Å². The van der Waals surface area contributed by atoms with Crippen molar-refractivity contribution < 1.29 is 24.2 Å². The molecule has 246 valence electrons. The number of fused-ring (bicyclic) bond motifs is 1. The second kappa shape index (κ2) is 13.6. The Morgan fingerprint density at radius 3 is 2.17 bits per heavy atom. The van der Waals surface area contributed by atoms with Gasteiger partial charge in [-0.25, -0.2) is 4.79 Å². The molecule has 5 aromatic rings. The minimum atomic E-state index is -0.931. The maximum Gasteiger partial charge on any atom is 0.407 e. The molecule has 2 aliphatic rings. The fraction of sp³-hybridized carbons (Fsp3) is 0.297. The van der Waals surface area contributed by atoms with Gasteiger partial charge in [-0.2, -0.15) is 10.1 Å². The summed E-state index contributed by atoms with van der Waals surface area (Å²) in [5.74, 6) is 0.907. The van der Waals surface area contributed by atoms with Crippen LogP contribution in [0.4, 0.5) is 10.5 Å². The number of hydrogen-bond acceptors (Lipinski definition) is 7. The molecule has 0 radical (unpaired) electrons. The van der Waals surface area contributed by atoms with Gasteiger partial charge < -0.3 is 29.3 Å². The van der Waals surface area contributed by atoms with Gasteiger partial charge in [0.15, 0.2) is 0 Å². The van der Waals surface area contributed by atoms with E-state index in [1.165, 1.54) is 4.90 Å². The number of aryl methyl sites for hydroxylation is 1. The summed E-state index contributed by atoms with van der Waals surface area (Å²) in [6.07, 6.45) is -0.168. The van der Waals surface area contributed by atoms with Gasteiger partial charge >= 0.3 is 6.09 Å². The summed E-state index contributed by atoms with van der Waals surface area (Å²) in [6, 6.07) is 30.0. The molecular weight excluding hydrogens is 608 g/mol. The highest BCUT2D eigenvalue weighted by molar-refractivity contribution is 5.96. The summed E-state index contributed by atoms with van der Waals surface area (Å²) in [5, 5.41) is 15.1. The Hall–Kier alpha value is -5.58. The van der Waals surface area contributed by atoms with Crippen molar-refractivity contribution in [2.24, 2.45) is 13.0 Å². The maximum atomic E-state index is 13.3. The number of aromatic nitrogens is 3. The van der Waals surface area contributed by atoms with E-state index in [4.69, 9.17) is 19.6 Å². The highest BCUT2D eigenvalue weighted by Crippen LogP contribution is 2.37. The zero-order valence-electron chi connectivity index (χ0n) is 26.9. The van der Waals surface area contributed by atoms with Gasteiger partial charge in [0.1, 0.15) is 18.9 Å². The first-order chi connectivity index (χ1) is 23.4. The van der Waals surface area contributed by atoms with Crippen molar-refractivity contribution in [3.8, 4) is 23.0 Å². The van der Waals surface area contributed by atoms with Gasteiger partial charge in [0.05, 0.1) is 17.0 Å². The minimum Gasteiger partial charge on any atom is -0.473 e. The average Bonchev–Trinajstić information content (AvgIpc) is 3.75. The van der Waals surface area contributed by atoms with Crippen LogP contribution >= 0.6 is 0 Å². The van der Waals surface area contributed by atoms with Gasteiger partial charge in [0.25, 0.3) is 0 Å². The normalized spacial score (nSPS) is 16.4. The van der Waals surface area contributed by atoms with Crippen LogP contribution in [0.25, 0.3) is 22.2 Å². The number of pyridine rings is 1. The number of nitrogens with zero attached hydrogens (tertiary/aromatic N) is 6. The van der Waals surface area contributed by atoms with Crippen molar-refractivity contribution in [2.75, 3.05) is 44.2 Å². The number of anilines is 1. The second-order valence-electron chi connectivity index (χ2n) is 12.3. The Bertz CT molecular complexity index is 1910. The van der Waals surface area contributed by atoms with Crippen LogP contribution in [0.5, 0.6) is 11.8 Å². The Balaban J connectivity index is 1.11. The summed E-state index contributed by atoms with van der Waals surface area (Å²) in [6.45, 7) is 3.74. The molecular formula is C37H38N6O5. The smallest absolute Gasteiger partial charge is 0.407 e. The third kappa shape index (κ3) is 6.62. The highest BCUT2D eigenvalue weighted by Gasteiger charge is 2.34. The Morgan fingerprint density at radius 2 is 1.48 bits per heavy atom. The van der Waals surface area contributed by atoms with Gasteiger partial charge in [-0.3, -0.25) is 9.48 Å². The molecule has 0 bridgehead atoms. The maximum absolute atomic E-state index is 13.3. The molecule has 2 aliphatic heterocycles. The second-order valence-corrected chi connectivity index (χ2v) is 12.3. The predicted molar refractivity (Wildman–Crippen MR) is 182 cm³/mol. The molecule has 0 aliphatic carbocycles. The van der Waals surface area contributed by atoms with Crippen molar-refractivity contribution in [3.63, 3.8) is 0 Å². The van der Waals surface area contributed by atoms with Crippen LogP contribution in [0.1, 0.15) is 17.5 Å². The summed E-state index contributed by atoms with van der Waals surface area (Å²) >= 11 is 0. The van der Waals surface area contributed by atoms with Crippen LogP contribution in [-0.4, -0.2) is 80.9 Å². The zero-order valence-corrected chi connectivity index (χ0v) is 26.9. The van der Waals surface area contributed by atoms with E-state index in [0.717, 1.165) is 51.9 Å². The largest absolute Gasteiger partial charge is 0.473 e. The number of piperazine rings is 1. The molecule has 1 N–H and O–H groups in total. The van der Waals surface area contributed by atoms with Crippen molar-refractivity contribution in [1.29, 1.82) is 0 Å². The van der Waals surface area contributed by atoms with E-state index < -0.39 is 6.09 Å². The molecule has 0 saturated carbocycles. The number of ether oxygens (including phenoxy) is 2. The third-order valence-electron chi connectivity index (χ3n) is 9.14. The standard InChI is InChI=1S/C37H38N6O5/c1-40-32-22-29(43-17-16-28(23-43)36(44)41-18-20-42(21-19-41)37(45)46)12-13-30(32)34(39-40)31-14-15-33(47-24-26-8-4-2-5-9-26)38-35(31)48-25-27-10-6-3-7-11-27/h2-15,22,28H,16-21,23-25H2,1H3,(H,45,46)/t28-/m1/s1. The number of benzene rings is 3. The topological polar surface area (TPSA) is 113 Å². The minimum absolute atomic E-state index is 0.109. The molecule has 0 spiro atoms. The van der Waals surface area contributed by atoms with Crippen molar-refractivity contribution in [2.45, 2.75) is 19.6 Å². The number of carboxylic acid groups (broad SMARTS) is 1. The Morgan fingerprint density at radius 1 is 0.812 bits per heavy atom. The SMILES string of the molecule is Cn1nc(-c2ccc(OCc3ccccc3)nc2OCc2ccccc2)c2ccc(N3CC[C@@H](C(=O)N4CCN(C(=O)O)CC4)C3)cc21. The van der Waals surface area contributed by atoms with E-state index in [1.807, 2.05) is 89.4 Å². The van der Waals surface area contributed by atoms with E-state index >= 15 is 0 Å². The number of rotatable bonds is 9. The molecule has 2 fully saturated rings. The van der Waals surface area contributed by atoms with Crippen LogP contribution in [0.2, 0.25) is 0 Å². The van der Waals surface area contributed by atoms with Crippen molar-refractivity contribution in [3.05, 3.63) is 102 Å². The van der Waals surface area contributed by atoms with E-state index in [1.54, 1.807) is 0 Å². The lowest BCUT2D eigenvalue weighted by Crippen LogP contribution is -2.51. The lowest BCUT2D eigenvalue weighted by atomic mass is 10.1. The summed E-state index contributed by atoms with van der Waals surface area (Å²) < 4.78 is 14.2. The predicted octanol–water partition coefficient (Wildman–Crippen LogP) is 5.44. The van der Waals surface area contributed by atoms with E-state index in [9.17, 15) is 14.7 Å². The van der Waals surface area contributed by atoms with Crippen LogP contribution in [0.3, 0.4) is 0 Å². The lowest BCUT2D eigenvalue weighted by Gasteiger charge is -2.34. The lowest BCUT2D eigenvalue weighted by molar-refractivity contribution is -0.136. The highest BCUT2D eigenvalue weighted by atomic mass is 16.5. The molecule has 2 aromatic heterocycles. The van der Waals surface area contributed by atoms with Crippen LogP contribution in [0.15, 0.2) is 91.0 Å². The molecule has 2 amide bonds. The number of hydrogen-bond donors (Lipinski definition) is 1. The molecule has 3 aromatic carbocycles. The Labute approximate surface area is 278 Å². The number of carbonyl (C=O) groups is 2. The fourth-order valence-corrected chi connectivity index (χ4v) is 6.47. The van der Waals surface area contributed by atoms with Gasteiger partial charge in [-0.05, 0) is 41.8 Å². The fourth-order valence-electron chi connectivity index (χ4n) is 6.47. The molecule has 1 atom stereocenters. The van der Waals surface area contributed by atoms with E-state index in [2.05, 4.69) is 23.1 Å². The van der Waals surface area contributed by atoms with Gasteiger partial charge in [-0.1, -0.05) is 60.7 Å². The van der Waals surface area contributed by atoms with E-state index in [0.29, 0.717) is 57.7 Å². The molecule has 2 saturated heterocycles. The zero-order chi connectivity index (χ0) is 33.0. The summed E-state index contributed by atoms with van der Waals surface area (Å²) in [7, 11) is 1.93. The first-order valence-corrected chi connectivity index (χ1v) is 16.3. The van der Waals surface area contributed by atoms with Crippen molar-refractivity contribution >= 4 is 28.6 Å². The molecule has 11 nitrogen and oxygen atoms in total. The first kappa shape index (κ1) is 31.0. The van der Waals surface area contributed by atoms with Gasteiger partial charge in [0, 0.05) is 63.5 Å². The Kier molecular flexibility index (Phi) is 8.82. The summed E-state index contributed by atoms with van der Waals surface area (Å²) in [4.78, 5) is 34.8. The number of amides is 2. The average molecular weight is 647 g/mol. The van der Waals surface area contributed by atoms with Gasteiger partial charge in [-0.15, -0.1) is 0 Å². The first-order valence-electron chi connectivity index (χ1n) is 16.3. The number of carbonyl (C=O) groups excluding carboxylic acids is 1. The quantitative estimate of drug-likeness (QED) is 0.225. The summed E-state index contributed by atoms with van der Waals surface area (Å²) in [5.41, 5.74) is 5.60. The van der Waals surface area contributed by atoms with Crippen LogP contribution in [-0.2, 0) is 25.1 Å². The van der Waals surface area contributed by atoms with Gasteiger partial charge in [0.2, 0.25) is 17.7 Å².